The SMILES string of the molecule is COC(=O)C1(C(=O)NCCC2CCCN(C)C2)CC1. The molecule has 0 radical (unpaired) electrons. The van der Waals surface area contributed by atoms with Crippen LogP contribution in [0, 0.1) is 11.3 Å². The molecule has 1 aliphatic heterocycles. The van der Waals surface area contributed by atoms with Crippen molar-refractivity contribution in [3.63, 3.8) is 0 Å². The minimum Gasteiger partial charge on any atom is -0.468 e. The molecular weight excluding hydrogens is 244 g/mol. The zero-order valence-corrected chi connectivity index (χ0v) is 11.9. The number of hydrogen-bond acceptors (Lipinski definition) is 4. The third kappa shape index (κ3) is 3.26. The molecule has 1 atom stereocenters. The number of nitrogens with zero attached hydrogens (tertiary/aromatic N) is 1. The third-order valence-electron chi connectivity index (χ3n) is 4.32. The highest BCUT2D eigenvalue weighted by Crippen LogP contribution is 2.46. The van der Waals surface area contributed by atoms with E-state index in [2.05, 4.69) is 17.3 Å². The lowest BCUT2D eigenvalue weighted by Gasteiger charge is -2.29. The van der Waals surface area contributed by atoms with Gasteiger partial charge in [-0.25, -0.2) is 0 Å². The van der Waals surface area contributed by atoms with E-state index in [1.807, 2.05) is 0 Å². The van der Waals surface area contributed by atoms with E-state index >= 15 is 0 Å². The Hall–Kier alpha value is -1.10. The smallest absolute Gasteiger partial charge is 0.321 e. The molecule has 5 nitrogen and oxygen atoms in total. The lowest BCUT2D eigenvalue weighted by atomic mass is 9.95. The second-order valence-corrected chi connectivity index (χ2v) is 5.89. The molecule has 1 unspecified atom stereocenters. The van der Waals surface area contributed by atoms with Gasteiger partial charge in [-0.05, 0) is 51.6 Å². The normalized spacial score (nSPS) is 25.7. The number of ether oxygens (including phenoxy) is 1. The first kappa shape index (κ1) is 14.3. The lowest BCUT2D eigenvalue weighted by molar-refractivity contribution is -0.152. The molecule has 1 saturated heterocycles. The van der Waals surface area contributed by atoms with Gasteiger partial charge in [0.25, 0.3) is 0 Å². The van der Waals surface area contributed by atoms with Crippen molar-refractivity contribution >= 4 is 11.9 Å². The standard InChI is InChI=1S/C14H24N2O3/c1-16-9-3-4-11(10-16)5-8-15-12(17)14(6-7-14)13(18)19-2/h11H,3-10H2,1-2H3,(H,15,17). The van der Waals surface area contributed by atoms with Gasteiger partial charge in [-0.15, -0.1) is 0 Å². The largest absolute Gasteiger partial charge is 0.468 e. The molecule has 0 aromatic heterocycles. The van der Waals surface area contributed by atoms with Crippen LogP contribution in [-0.4, -0.2) is 50.6 Å². The Bertz CT molecular complexity index is 353. The molecule has 1 N–H and O–H groups in total. The van der Waals surface area contributed by atoms with Crippen LogP contribution < -0.4 is 5.32 Å². The molecule has 2 aliphatic rings. The number of nitrogens with one attached hydrogen (secondary N) is 1. The van der Waals surface area contributed by atoms with Gasteiger partial charge >= 0.3 is 5.97 Å². The van der Waals surface area contributed by atoms with Crippen LogP contribution >= 0.6 is 0 Å². The summed E-state index contributed by atoms with van der Waals surface area (Å²) in [5, 5.41) is 2.90. The molecule has 5 heteroatoms. The van der Waals surface area contributed by atoms with Gasteiger partial charge in [0.15, 0.2) is 0 Å². The Morgan fingerprint density at radius 3 is 2.74 bits per heavy atom. The van der Waals surface area contributed by atoms with E-state index < -0.39 is 5.41 Å². The van der Waals surface area contributed by atoms with Crippen molar-refractivity contribution in [3.05, 3.63) is 0 Å². The topological polar surface area (TPSA) is 58.6 Å². The lowest BCUT2D eigenvalue weighted by Crippen LogP contribution is -2.39. The van der Waals surface area contributed by atoms with Crippen molar-refractivity contribution in [2.75, 3.05) is 33.8 Å². The maximum Gasteiger partial charge on any atom is 0.321 e. The van der Waals surface area contributed by atoms with Crippen LogP contribution in [-0.2, 0) is 14.3 Å². The molecule has 1 saturated carbocycles. The summed E-state index contributed by atoms with van der Waals surface area (Å²) in [6, 6.07) is 0. The fraction of sp³-hybridized carbons (Fsp3) is 0.857. The maximum absolute atomic E-state index is 12.0. The second-order valence-electron chi connectivity index (χ2n) is 5.89. The molecule has 1 amide bonds. The highest BCUT2D eigenvalue weighted by molar-refractivity contribution is 6.05. The number of hydrogen-bond donors (Lipinski definition) is 1. The van der Waals surface area contributed by atoms with Crippen molar-refractivity contribution in [1.29, 1.82) is 0 Å². The molecular formula is C14H24N2O3. The number of amides is 1. The fourth-order valence-electron chi connectivity index (χ4n) is 2.91. The Kier molecular flexibility index (Phi) is 4.45. The van der Waals surface area contributed by atoms with Crippen molar-refractivity contribution in [1.82, 2.24) is 10.2 Å². The number of esters is 1. The highest BCUT2D eigenvalue weighted by atomic mass is 16.5. The van der Waals surface area contributed by atoms with Gasteiger partial charge in [0.05, 0.1) is 7.11 Å². The summed E-state index contributed by atoms with van der Waals surface area (Å²) in [7, 11) is 3.48. The monoisotopic (exact) mass is 268 g/mol. The summed E-state index contributed by atoms with van der Waals surface area (Å²) in [5.74, 6) is 0.123. The quantitative estimate of drug-likeness (QED) is 0.591. The van der Waals surface area contributed by atoms with Crippen LogP contribution in [0.1, 0.15) is 32.1 Å². The number of methoxy groups -OCH3 is 1. The Balaban J connectivity index is 1.71. The second kappa shape index (κ2) is 5.90. The number of piperidine rings is 1. The summed E-state index contributed by atoms with van der Waals surface area (Å²) in [6.07, 6.45) is 4.71. The van der Waals surface area contributed by atoms with E-state index in [1.54, 1.807) is 0 Å². The van der Waals surface area contributed by atoms with Crippen molar-refractivity contribution < 1.29 is 14.3 Å². The van der Waals surface area contributed by atoms with Crippen LogP contribution in [0.2, 0.25) is 0 Å². The molecule has 2 fully saturated rings. The highest BCUT2D eigenvalue weighted by Gasteiger charge is 2.57. The van der Waals surface area contributed by atoms with Gasteiger partial charge in [0.2, 0.25) is 5.91 Å². The van der Waals surface area contributed by atoms with E-state index in [1.165, 1.54) is 26.5 Å². The fourth-order valence-corrected chi connectivity index (χ4v) is 2.91. The predicted molar refractivity (Wildman–Crippen MR) is 71.5 cm³/mol. The molecule has 0 bridgehead atoms. The summed E-state index contributed by atoms with van der Waals surface area (Å²) in [5.41, 5.74) is -0.863. The van der Waals surface area contributed by atoms with Crippen molar-refractivity contribution in [3.8, 4) is 0 Å². The average Bonchev–Trinajstić information content (AvgIpc) is 3.19. The van der Waals surface area contributed by atoms with E-state index in [-0.39, 0.29) is 11.9 Å². The van der Waals surface area contributed by atoms with Gasteiger partial charge < -0.3 is 15.0 Å². The van der Waals surface area contributed by atoms with Crippen LogP contribution in [0.5, 0.6) is 0 Å². The minimum absolute atomic E-state index is 0.150. The number of likely N-dealkylation sites (tertiary alicyclic amines) is 1. The van der Waals surface area contributed by atoms with Gasteiger partial charge in [0.1, 0.15) is 5.41 Å². The molecule has 0 aromatic carbocycles. The summed E-state index contributed by atoms with van der Waals surface area (Å²) >= 11 is 0. The van der Waals surface area contributed by atoms with Crippen molar-refractivity contribution in [2.24, 2.45) is 11.3 Å². The van der Waals surface area contributed by atoms with Gasteiger partial charge in [-0.1, -0.05) is 0 Å². The summed E-state index contributed by atoms with van der Waals surface area (Å²) in [6.45, 7) is 2.95. The van der Waals surface area contributed by atoms with Crippen LogP contribution in [0.4, 0.5) is 0 Å². The van der Waals surface area contributed by atoms with E-state index in [0.717, 1.165) is 13.0 Å². The molecule has 19 heavy (non-hydrogen) atoms. The Morgan fingerprint density at radius 2 is 2.16 bits per heavy atom. The van der Waals surface area contributed by atoms with Crippen LogP contribution in [0.15, 0.2) is 0 Å². The summed E-state index contributed by atoms with van der Waals surface area (Å²) < 4.78 is 4.70. The Morgan fingerprint density at radius 1 is 1.42 bits per heavy atom. The van der Waals surface area contributed by atoms with Gasteiger partial charge in [-0.3, -0.25) is 9.59 Å². The number of rotatable bonds is 5. The van der Waals surface area contributed by atoms with Crippen molar-refractivity contribution in [2.45, 2.75) is 32.1 Å². The number of carbonyl (C=O) groups is 2. The molecule has 1 heterocycles. The van der Waals surface area contributed by atoms with Gasteiger partial charge in [-0.2, -0.15) is 0 Å². The first-order valence-corrected chi connectivity index (χ1v) is 7.14. The minimum atomic E-state index is -0.863. The maximum atomic E-state index is 12.0. The molecule has 108 valence electrons. The molecule has 1 aliphatic carbocycles. The van der Waals surface area contributed by atoms with E-state index in [9.17, 15) is 9.59 Å². The van der Waals surface area contributed by atoms with Crippen LogP contribution in [0.3, 0.4) is 0 Å². The zero-order valence-electron chi connectivity index (χ0n) is 11.9. The molecule has 2 rings (SSSR count). The van der Waals surface area contributed by atoms with Crippen LogP contribution in [0.25, 0.3) is 0 Å². The third-order valence-corrected chi connectivity index (χ3v) is 4.32. The van der Waals surface area contributed by atoms with E-state index in [4.69, 9.17) is 4.74 Å². The average molecular weight is 268 g/mol. The van der Waals surface area contributed by atoms with E-state index in [0.29, 0.717) is 25.3 Å². The summed E-state index contributed by atoms with van der Waals surface area (Å²) in [4.78, 5) is 25.9. The first-order valence-electron chi connectivity index (χ1n) is 7.14. The number of carbonyl (C=O) groups excluding carboxylic acids is 2. The van der Waals surface area contributed by atoms with Gasteiger partial charge in [0, 0.05) is 13.1 Å². The predicted octanol–water partition coefficient (Wildman–Crippen LogP) is 0.788. The Labute approximate surface area is 114 Å². The molecule has 0 spiro atoms. The first-order chi connectivity index (χ1) is 9.08. The zero-order chi connectivity index (χ0) is 13.9. The molecule has 0 aromatic rings.